The van der Waals surface area contributed by atoms with Gasteiger partial charge in [0.05, 0.1) is 12.0 Å². The number of methoxy groups -OCH3 is 1. The van der Waals surface area contributed by atoms with Crippen LogP contribution in [0.1, 0.15) is 30.3 Å². The molecule has 3 rings (SSSR count). The molecule has 2 N–H and O–H groups in total. The molecule has 162 valence electrons. The van der Waals surface area contributed by atoms with E-state index in [0.717, 1.165) is 11.3 Å². The van der Waals surface area contributed by atoms with Crippen molar-refractivity contribution in [3.63, 3.8) is 0 Å². The van der Waals surface area contributed by atoms with E-state index in [1.807, 2.05) is 42.1 Å². The minimum absolute atomic E-state index is 0.0431. The summed E-state index contributed by atoms with van der Waals surface area (Å²) in [6.45, 7) is 0.562. The van der Waals surface area contributed by atoms with E-state index in [4.69, 9.17) is 4.74 Å². The standard InChI is InChI=1S/C22H25N5O4/c1-26-15-14-24-22(26)21(18-6-3-4-7-19(18)31-2)25-20(28)8-5-13-23-16-9-11-17(12-10-16)27(29)30/h3-4,6-7,9-12,14-15,21,23H,5,8,13H2,1-2H3,(H,25,28). The Bertz CT molecular complexity index is 1030. The van der Waals surface area contributed by atoms with Gasteiger partial charge in [-0.15, -0.1) is 0 Å². The van der Waals surface area contributed by atoms with Gasteiger partial charge in [0.15, 0.2) is 0 Å². The Balaban J connectivity index is 1.59. The minimum atomic E-state index is -0.439. The normalized spacial score (nSPS) is 11.5. The molecule has 1 aromatic heterocycles. The minimum Gasteiger partial charge on any atom is -0.496 e. The van der Waals surface area contributed by atoms with Crippen LogP contribution < -0.4 is 15.4 Å². The van der Waals surface area contributed by atoms with E-state index in [-0.39, 0.29) is 11.6 Å². The number of nitro groups is 1. The van der Waals surface area contributed by atoms with Crippen molar-refractivity contribution in [1.29, 1.82) is 0 Å². The average molecular weight is 423 g/mol. The first-order valence-corrected chi connectivity index (χ1v) is 9.87. The summed E-state index contributed by atoms with van der Waals surface area (Å²) >= 11 is 0. The molecule has 1 atom stereocenters. The molecule has 9 heteroatoms. The number of amides is 1. The molecule has 0 aliphatic heterocycles. The fourth-order valence-corrected chi connectivity index (χ4v) is 3.26. The van der Waals surface area contributed by atoms with Gasteiger partial charge >= 0.3 is 0 Å². The summed E-state index contributed by atoms with van der Waals surface area (Å²) in [7, 11) is 3.48. The topological polar surface area (TPSA) is 111 Å². The number of ether oxygens (including phenoxy) is 1. The van der Waals surface area contributed by atoms with E-state index >= 15 is 0 Å². The summed E-state index contributed by atoms with van der Waals surface area (Å²) < 4.78 is 7.34. The molecule has 9 nitrogen and oxygen atoms in total. The van der Waals surface area contributed by atoms with Crippen molar-refractivity contribution in [3.8, 4) is 5.75 Å². The van der Waals surface area contributed by atoms with Crippen LogP contribution in [0.3, 0.4) is 0 Å². The number of para-hydroxylation sites is 1. The summed E-state index contributed by atoms with van der Waals surface area (Å²) in [5, 5.41) is 16.9. The maximum Gasteiger partial charge on any atom is 0.269 e. The highest BCUT2D eigenvalue weighted by Crippen LogP contribution is 2.29. The Labute approximate surface area is 180 Å². The molecule has 0 saturated carbocycles. The smallest absolute Gasteiger partial charge is 0.269 e. The lowest BCUT2D eigenvalue weighted by Gasteiger charge is -2.21. The predicted octanol–water partition coefficient (Wildman–Crippen LogP) is 3.43. The molecule has 1 heterocycles. The van der Waals surface area contributed by atoms with Crippen LogP contribution in [-0.4, -0.2) is 34.0 Å². The van der Waals surface area contributed by atoms with Gasteiger partial charge in [-0.2, -0.15) is 0 Å². The van der Waals surface area contributed by atoms with Crippen LogP contribution in [0.4, 0.5) is 11.4 Å². The van der Waals surface area contributed by atoms with E-state index in [9.17, 15) is 14.9 Å². The number of nitro benzene ring substituents is 1. The Morgan fingerprint density at radius 2 is 1.97 bits per heavy atom. The van der Waals surface area contributed by atoms with Crippen LogP contribution in [0.25, 0.3) is 0 Å². The Morgan fingerprint density at radius 3 is 2.61 bits per heavy atom. The number of nitrogens with zero attached hydrogens (tertiary/aromatic N) is 3. The Kier molecular flexibility index (Phi) is 7.21. The number of aryl methyl sites for hydroxylation is 1. The maximum atomic E-state index is 12.7. The highest BCUT2D eigenvalue weighted by atomic mass is 16.6. The molecule has 0 aliphatic carbocycles. The number of anilines is 1. The number of carbonyl (C=O) groups excluding carboxylic acids is 1. The molecule has 0 fully saturated rings. The highest BCUT2D eigenvalue weighted by molar-refractivity contribution is 5.77. The molecule has 2 aromatic carbocycles. The molecular weight excluding hydrogens is 398 g/mol. The molecule has 0 radical (unpaired) electrons. The van der Waals surface area contributed by atoms with Gasteiger partial charge in [-0.3, -0.25) is 14.9 Å². The Hall–Kier alpha value is -3.88. The quantitative estimate of drug-likeness (QED) is 0.294. The molecule has 0 saturated heterocycles. The summed E-state index contributed by atoms with van der Waals surface area (Å²) in [5.74, 6) is 1.28. The van der Waals surface area contributed by atoms with Gasteiger partial charge in [0.2, 0.25) is 5.91 Å². The van der Waals surface area contributed by atoms with E-state index in [1.54, 1.807) is 25.4 Å². The van der Waals surface area contributed by atoms with Crippen molar-refractivity contribution in [2.45, 2.75) is 18.9 Å². The summed E-state index contributed by atoms with van der Waals surface area (Å²) in [5.41, 5.74) is 1.64. The molecule has 31 heavy (non-hydrogen) atoms. The first-order valence-electron chi connectivity index (χ1n) is 9.87. The summed E-state index contributed by atoms with van der Waals surface area (Å²) in [6.07, 6.45) is 4.44. The number of carbonyl (C=O) groups is 1. The van der Waals surface area contributed by atoms with Gasteiger partial charge in [-0.25, -0.2) is 4.98 Å². The maximum absolute atomic E-state index is 12.7. The van der Waals surface area contributed by atoms with Gasteiger partial charge < -0.3 is 19.9 Å². The molecule has 0 bridgehead atoms. The SMILES string of the molecule is COc1ccccc1C(NC(=O)CCCNc1ccc([N+](=O)[O-])cc1)c1nccn1C. The monoisotopic (exact) mass is 423 g/mol. The van der Waals surface area contributed by atoms with Crippen molar-refractivity contribution in [3.05, 3.63) is 82.4 Å². The number of hydrogen-bond acceptors (Lipinski definition) is 6. The zero-order valence-electron chi connectivity index (χ0n) is 17.4. The summed E-state index contributed by atoms with van der Waals surface area (Å²) in [4.78, 5) is 27.4. The van der Waals surface area contributed by atoms with Gasteiger partial charge in [-0.05, 0) is 24.6 Å². The molecule has 1 amide bonds. The third-order valence-corrected chi connectivity index (χ3v) is 4.86. The second kappa shape index (κ2) is 10.2. The second-order valence-electron chi connectivity index (χ2n) is 6.97. The molecule has 1 unspecified atom stereocenters. The fraction of sp³-hybridized carbons (Fsp3) is 0.273. The van der Waals surface area contributed by atoms with Crippen LogP contribution >= 0.6 is 0 Å². The lowest BCUT2D eigenvalue weighted by atomic mass is 10.0. The van der Waals surface area contributed by atoms with Crippen LogP contribution in [0.5, 0.6) is 5.75 Å². The van der Waals surface area contributed by atoms with Crippen molar-refractivity contribution >= 4 is 17.3 Å². The third-order valence-electron chi connectivity index (χ3n) is 4.86. The van der Waals surface area contributed by atoms with Crippen LogP contribution in [0, 0.1) is 10.1 Å². The van der Waals surface area contributed by atoms with Gasteiger partial charge in [-0.1, -0.05) is 18.2 Å². The van der Waals surface area contributed by atoms with Crippen molar-refractivity contribution < 1.29 is 14.5 Å². The average Bonchev–Trinajstić information content (AvgIpc) is 3.21. The first-order chi connectivity index (χ1) is 15.0. The number of hydrogen-bond donors (Lipinski definition) is 2. The summed E-state index contributed by atoms with van der Waals surface area (Å²) in [6, 6.07) is 13.3. The number of benzene rings is 2. The van der Waals surface area contributed by atoms with Crippen molar-refractivity contribution in [2.75, 3.05) is 19.0 Å². The molecule has 0 aliphatic rings. The number of aromatic nitrogens is 2. The number of non-ortho nitro benzene ring substituents is 1. The number of rotatable bonds is 10. The van der Waals surface area contributed by atoms with Gasteiger partial charge in [0.25, 0.3) is 5.69 Å². The van der Waals surface area contributed by atoms with Crippen LogP contribution in [0.2, 0.25) is 0 Å². The second-order valence-corrected chi connectivity index (χ2v) is 6.97. The zero-order valence-corrected chi connectivity index (χ0v) is 17.4. The van der Waals surface area contributed by atoms with Gasteiger partial charge in [0.1, 0.15) is 17.6 Å². The first kappa shape index (κ1) is 21.8. The van der Waals surface area contributed by atoms with E-state index in [1.165, 1.54) is 12.1 Å². The molecular formula is C22H25N5O4. The lowest BCUT2D eigenvalue weighted by Crippen LogP contribution is -2.31. The van der Waals surface area contributed by atoms with Gasteiger partial charge in [0, 0.05) is 55.8 Å². The number of imidazole rings is 1. The zero-order chi connectivity index (χ0) is 22.2. The fourth-order valence-electron chi connectivity index (χ4n) is 3.26. The van der Waals surface area contributed by atoms with Crippen molar-refractivity contribution in [1.82, 2.24) is 14.9 Å². The molecule has 0 spiro atoms. The van der Waals surface area contributed by atoms with E-state index < -0.39 is 11.0 Å². The van der Waals surface area contributed by atoms with Crippen LogP contribution in [0.15, 0.2) is 60.9 Å². The number of nitrogens with one attached hydrogen (secondary N) is 2. The third kappa shape index (κ3) is 5.59. The Morgan fingerprint density at radius 1 is 1.23 bits per heavy atom. The largest absolute Gasteiger partial charge is 0.496 e. The van der Waals surface area contributed by atoms with Crippen LogP contribution in [-0.2, 0) is 11.8 Å². The van der Waals surface area contributed by atoms with E-state index in [0.29, 0.717) is 31.0 Å². The van der Waals surface area contributed by atoms with E-state index in [2.05, 4.69) is 15.6 Å². The highest BCUT2D eigenvalue weighted by Gasteiger charge is 2.23. The lowest BCUT2D eigenvalue weighted by molar-refractivity contribution is -0.384. The molecule has 3 aromatic rings. The predicted molar refractivity (Wildman–Crippen MR) is 117 cm³/mol. The van der Waals surface area contributed by atoms with Crippen molar-refractivity contribution in [2.24, 2.45) is 7.05 Å².